The zero-order chi connectivity index (χ0) is 16.1. The Labute approximate surface area is 136 Å². The van der Waals surface area contributed by atoms with Crippen LogP contribution in [0.4, 0.5) is 15.8 Å². The van der Waals surface area contributed by atoms with Gasteiger partial charge in [-0.2, -0.15) is 0 Å². The van der Waals surface area contributed by atoms with Gasteiger partial charge in [0.25, 0.3) is 0 Å². The highest BCUT2D eigenvalue weighted by Gasteiger charge is 2.14. The molecule has 0 aliphatic carbocycles. The van der Waals surface area contributed by atoms with Gasteiger partial charge in [0, 0.05) is 16.3 Å². The number of rotatable bonds is 3. The Morgan fingerprint density at radius 2 is 1.68 bits per heavy atom. The van der Waals surface area contributed by atoms with Crippen molar-refractivity contribution in [2.45, 2.75) is 4.90 Å². The lowest BCUT2D eigenvalue weighted by Crippen LogP contribution is -2.29. The second kappa shape index (κ2) is 7.29. The molecule has 0 aromatic heterocycles. The van der Waals surface area contributed by atoms with Crippen molar-refractivity contribution in [1.82, 2.24) is 0 Å². The van der Waals surface area contributed by atoms with Gasteiger partial charge in [-0.1, -0.05) is 17.7 Å². The van der Waals surface area contributed by atoms with Gasteiger partial charge in [-0.25, -0.2) is 4.39 Å². The third-order valence-corrected chi connectivity index (χ3v) is 3.73. The summed E-state index contributed by atoms with van der Waals surface area (Å²) in [5, 5.41) is 4.71. The van der Waals surface area contributed by atoms with Crippen molar-refractivity contribution in [1.29, 1.82) is 0 Å². The summed E-state index contributed by atoms with van der Waals surface area (Å²) >= 11 is 7.13. The number of benzene rings is 2. The minimum Gasteiger partial charge on any atom is -0.318 e. The summed E-state index contributed by atoms with van der Waals surface area (Å²) < 4.78 is 13.0. The summed E-state index contributed by atoms with van der Waals surface area (Å²) in [4.78, 5) is 24.6. The molecule has 0 spiro atoms. The number of amides is 2. The van der Waals surface area contributed by atoms with Gasteiger partial charge in [0.05, 0.1) is 5.02 Å². The lowest BCUT2D eigenvalue weighted by Gasteiger charge is -2.08. The normalized spacial score (nSPS) is 10.1. The van der Waals surface area contributed by atoms with Crippen LogP contribution in [0.5, 0.6) is 0 Å². The van der Waals surface area contributed by atoms with Gasteiger partial charge in [0.15, 0.2) is 0 Å². The van der Waals surface area contributed by atoms with Crippen LogP contribution in [0.2, 0.25) is 5.02 Å². The third kappa shape index (κ3) is 4.22. The molecule has 0 fully saturated rings. The molecule has 0 aliphatic heterocycles. The Bertz CT molecular complexity index is 724. The fraction of sp³-hybridized carbons (Fsp3) is 0.0667. The summed E-state index contributed by atoms with van der Waals surface area (Å²) in [5.74, 6) is -2.28. The first-order valence-electron chi connectivity index (χ1n) is 6.21. The van der Waals surface area contributed by atoms with Crippen molar-refractivity contribution < 1.29 is 14.0 Å². The number of hydrogen-bond donors (Lipinski definition) is 2. The van der Waals surface area contributed by atoms with Crippen LogP contribution in [0.15, 0.2) is 47.4 Å². The molecule has 2 aromatic rings. The molecule has 22 heavy (non-hydrogen) atoms. The molecule has 0 atom stereocenters. The molecular formula is C15H12ClFN2O2S. The van der Waals surface area contributed by atoms with Gasteiger partial charge >= 0.3 is 11.8 Å². The molecule has 0 saturated heterocycles. The molecular weight excluding hydrogens is 327 g/mol. The zero-order valence-electron chi connectivity index (χ0n) is 11.5. The minimum absolute atomic E-state index is 0.133. The predicted molar refractivity (Wildman–Crippen MR) is 86.9 cm³/mol. The molecule has 2 amide bonds. The van der Waals surface area contributed by atoms with Crippen LogP contribution in [-0.4, -0.2) is 18.1 Å². The van der Waals surface area contributed by atoms with Crippen LogP contribution in [0, 0.1) is 5.82 Å². The monoisotopic (exact) mass is 338 g/mol. The van der Waals surface area contributed by atoms with Gasteiger partial charge in [-0.05, 0) is 42.7 Å². The summed E-state index contributed by atoms with van der Waals surface area (Å²) in [6.07, 6.45) is 1.91. The highest BCUT2D eigenvalue weighted by molar-refractivity contribution is 7.98. The van der Waals surface area contributed by atoms with Gasteiger partial charge < -0.3 is 10.6 Å². The molecule has 4 nitrogen and oxygen atoms in total. The smallest absolute Gasteiger partial charge is 0.314 e. The first-order chi connectivity index (χ1) is 10.5. The average molecular weight is 339 g/mol. The van der Waals surface area contributed by atoms with Crippen LogP contribution in [0.3, 0.4) is 0 Å². The van der Waals surface area contributed by atoms with Crippen molar-refractivity contribution in [3.63, 3.8) is 0 Å². The summed E-state index contributed by atoms with van der Waals surface area (Å²) in [6.45, 7) is 0. The Kier molecular flexibility index (Phi) is 5.41. The van der Waals surface area contributed by atoms with E-state index in [1.807, 2.05) is 12.3 Å². The summed E-state index contributed by atoms with van der Waals surface area (Å²) in [7, 11) is 0. The van der Waals surface area contributed by atoms with E-state index in [9.17, 15) is 14.0 Å². The molecule has 2 N–H and O–H groups in total. The quantitative estimate of drug-likeness (QED) is 0.661. The molecule has 2 aromatic carbocycles. The van der Waals surface area contributed by atoms with Crippen LogP contribution < -0.4 is 10.6 Å². The average Bonchev–Trinajstić information content (AvgIpc) is 2.51. The molecule has 0 heterocycles. The SMILES string of the molecule is CSc1cccc(NC(=O)C(=O)Nc2ccc(F)c(Cl)c2)c1. The number of halogens is 2. The molecule has 7 heteroatoms. The van der Waals surface area contributed by atoms with Gasteiger partial charge in [-0.3, -0.25) is 9.59 Å². The molecule has 114 valence electrons. The molecule has 0 aliphatic rings. The second-order valence-electron chi connectivity index (χ2n) is 4.27. The molecule has 0 unspecified atom stereocenters. The van der Waals surface area contributed by atoms with Crippen molar-refractivity contribution >= 4 is 46.6 Å². The van der Waals surface area contributed by atoms with Gasteiger partial charge in [0.1, 0.15) is 5.82 Å². The fourth-order valence-corrected chi connectivity index (χ4v) is 2.29. The van der Waals surface area contributed by atoms with Gasteiger partial charge in [0.2, 0.25) is 0 Å². The highest BCUT2D eigenvalue weighted by atomic mass is 35.5. The summed E-state index contributed by atoms with van der Waals surface area (Å²) in [6, 6.07) is 10.8. The second-order valence-corrected chi connectivity index (χ2v) is 5.56. The number of nitrogens with one attached hydrogen (secondary N) is 2. The lowest BCUT2D eigenvalue weighted by molar-refractivity contribution is -0.133. The third-order valence-electron chi connectivity index (χ3n) is 2.71. The van der Waals surface area contributed by atoms with Crippen LogP contribution >= 0.6 is 23.4 Å². The lowest BCUT2D eigenvalue weighted by atomic mass is 10.3. The van der Waals surface area contributed by atoms with Crippen molar-refractivity contribution in [2.75, 3.05) is 16.9 Å². The fourth-order valence-electron chi connectivity index (χ4n) is 1.65. The van der Waals surface area contributed by atoms with E-state index < -0.39 is 17.6 Å². The topological polar surface area (TPSA) is 58.2 Å². The maximum Gasteiger partial charge on any atom is 0.314 e. The Morgan fingerprint density at radius 3 is 2.27 bits per heavy atom. The van der Waals surface area contributed by atoms with E-state index in [2.05, 4.69) is 10.6 Å². The van der Waals surface area contributed by atoms with E-state index in [4.69, 9.17) is 11.6 Å². The van der Waals surface area contributed by atoms with Crippen molar-refractivity contribution in [3.8, 4) is 0 Å². The largest absolute Gasteiger partial charge is 0.318 e. The number of hydrogen-bond acceptors (Lipinski definition) is 3. The van der Waals surface area contributed by atoms with Crippen molar-refractivity contribution in [2.24, 2.45) is 0 Å². The van der Waals surface area contributed by atoms with E-state index in [0.29, 0.717) is 5.69 Å². The number of anilines is 2. The minimum atomic E-state index is -0.864. The molecule has 0 bridgehead atoms. The van der Waals surface area contributed by atoms with E-state index >= 15 is 0 Å². The number of carbonyl (C=O) groups excluding carboxylic acids is 2. The van der Waals surface area contributed by atoms with Crippen LogP contribution in [0.1, 0.15) is 0 Å². The number of thioether (sulfide) groups is 1. The van der Waals surface area contributed by atoms with Crippen LogP contribution in [0.25, 0.3) is 0 Å². The van der Waals surface area contributed by atoms with Gasteiger partial charge in [-0.15, -0.1) is 11.8 Å². The van der Waals surface area contributed by atoms with E-state index in [1.54, 1.807) is 18.2 Å². The Morgan fingerprint density at radius 1 is 1.05 bits per heavy atom. The zero-order valence-corrected chi connectivity index (χ0v) is 13.1. The van der Waals surface area contributed by atoms with Crippen LogP contribution in [-0.2, 0) is 9.59 Å². The first kappa shape index (κ1) is 16.3. The Hall–Kier alpha value is -2.05. The van der Waals surface area contributed by atoms with E-state index in [0.717, 1.165) is 11.0 Å². The number of carbonyl (C=O) groups is 2. The maximum absolute atomic E-state index is 13.0. The van der Waals surface area contributed by atoms with E-state index in [1.165, 1.54) is 23.9 Å². The van der Waals surface area contributed by atoms with E-state index in [-0.39, 0.29) is 10.7 Å². The Balaban J connectivity index is 2.02. The first-order valence-corrected chi connectivity index (χ1v) is 7.81. The molecule has 0 saturated carbocycles. The summed E-state index contributed by atoms with van der Waals surface area (Å²) in [5.41, 5.74) is 0.758. The highest BCUT2D eigenvalue weighted by Crippen LogP contribution is 2.20. The van der Waals surface area contributed by atoms with Crippen molar-refractivity contribution in [3.05, 3.63) is 53.3 Å². The predicted octanol–water partition coefficient (Wildman–Crippen LogP) is 3.78. The molecule has 2 rings (SSSR count). The standard InChI is InChI=1S/C15H12ClFN2O2S/c1-22-11-4-2-3-9(7-11)18-14(20)15(21)19-10-5-6-13(17)12(16)8-10/h2-8H,1H3,(H,18,20)(H,19,21). The molecule has 0 radical (unpaired) electrons. The maximum atomic E-state index is 13.0.